The lowest BCUT2D eigenvalue weighted by Crippen LogP contribution is -2.18. The molecule has 0 aliphatic rings. The summed E-state index contributed by atoms with van der Waals surface area (Å²) in [5.41, 5.74) is 0. The molecule has 3 heteroatoms. The van der Waals surface area contributed by atoms with Gasteiger partial charge in [-0.15, -0.1) is 0 Å². The first-order valence-electron chi connectivity index (χ1n) is 2.93. The topological polar surface area (TPSA) is 24.1 Å². The van der Waals surface area contributed by atoms with E-state index in [2.05, 4.69) is 10.6 Å². The van der Waals surface area contributed by atoms with E-state index in [0.717, 1.165) is 11.5 Å². The van der Waals surface area contributed by atoms with Gasteiger partial charge < -0.3 is 10.6 Å². The average Bonchev–Trinajstić information content (AvgIpc) is 1.85. The van der Waals surface area contributed by atoms with Crippen LogP contribution in [0.5, 0.6) is 0 Å². The second kappa shape index (κ2) is 5.56. The van der Waals surface area contributed by atoms with Crippen LogP contribution in [0.3, 0.4) is 0 Å². The van der Waals surface area contributed by atoms with E-state index in [1.807, 2.05) is 20.0 Å². The predicted octanol–water partition coefficient (Wildman–Crippen LogP) is 0.656. The second-order valence-electron chi connectivity index (χ2n) is 1.52. The molecule has 0 saturated heterocycles. The van der Waals surface area contributed by atoms with Gasteiger partial charge in [0, 0.05) is 13.6 Å². The third-order valence-corrected chi connectivity index (χ3v) is 1.03. The SMILES string of the molecule is CCNC(=S)/C=C/NC. The zero-order chi connectivity index (χ0) is 7.11. The maximum Gasteiger partial charge on any atom is 0.100 e. The highest BCUT2D eigenvalue weighted by atomic mass is 32.1. The Morgan fingerprint density at radius 1 is 1.67 bits per heavy atom. The number of likely N-dealkylation sites (N-methyl/N-ethyl adjacent to an activating group) is 1. The Morgan fingerprint density at radius 2 is 2.33 bits per heavy atom. The van der Waals surface area contributed by atoms with Crippen LogP contribution in [0, 0.1) is 0 Å². The maximum atomic E-state index is 4.88. The molecule has 0 heterocycles. The van der Waals surface area contributed by atoms with Crippen molar-refractivity contribution in [1.82, 2.24) is 10.6 Å². The molecule has 0 atom stereocenters. The smallest absolute Gasteiger partial charge is 0.100 e. The van der Waals surface area contributed by atoms with Gasteiger partial charge in [0.05, 0.1) is 0 Å². The second-order valence-corrected chi connectivity index (χ2v) is 1.96. The summed E-state index contributed by atoms with van der Waals surface area (Å²) in [5.74, 6) is 0. The Hall–Kier alpha value is -0.570. The lowest BCUT2D eigenvalue weighted by Gasteiger charge is -1.96. The molecule has 2 nitrogen and oxygen atoms in total. The molecule has 2 N–H and O–H groups in total. The molecular weight excluding hydrogens is 132 g/mol. The zero-order valence-corrected chi connectivity index (χ0v) is 6.59. The van der Waals surface area contributed by atoms with Crippen LogP contribution < -0.4 is 10.6 Å². The molecule has 52 valence electrons. The van der Waals surface area contributed by atoms with E-state index < -0.39 is 0 Å². The Kier molecular flexibility index (Phi) is 5.21. The highest BCUT2D eigenvalue weighted by molar-refractivity contribution is 7.80. The molecule has 0 aromatic carbocycles. The number of rotatable bonds is 3. The van der Waals surface area contributed by atoms with E-state index in [-0.39, 0.29) is 0 Å². The van der Waals surface area contributed by atoms with Gasteiger partial charge in [0.2, 0.25) is 0 Å². The maximum absolute atomic E-state index is 4.88. The summed E-state index contributed by atoms with van der Waals surface area (Å²) < 4.78 is 0. The minimum absolute atomic E-state index is 0.770. The molecule has 0 aromatic rings. The van der Waals surface area contributed by atoms with Crippen LogP contribution in [-0.4, -0.2) is 18.6 Å². The van der Waals surface area contributed by atoms with Gasteiger partial charge in [-0.25, -0.2) is 0 Å². The van der Waals surface area contributed by atoms with Crippen LogP contribution in [0.25, 0.3) is 0 Å². The predicted molar refractivity (Wildman–Crippen MR) is 44.5 cm³/mol. The van der Waals surface area contributed by atoms with Gasteiger partial charge in [-0.1, -0.05) is 12.2 Å². The molecule has 0 radical (unpaired) electrons. The fourth-order valence-corrected chi connectivity index (χ4v) is 0.605. The van der Waals surface area contributed by atoms with Gasteiger partial charge >= 0.3 is 0 Å². The van der Waals surface area contributed by atoms with Crippen LogP contribution in [0.15, 0.2) is 12.3 Å². The normalized spacial score (nSPS) is 9.56. The summed E-state index contributed by atoms with van der Waals surface area (Å²) in [7, 11) is 1.84. The van der Waals surface area contributed by atoms with Gasteiger partial charge in [-0.2, -0.15) is 0 Å². The molecule has 0 bridgehead atoms. The highest BCUT2D eigenvalue weighted by Gasteiger charge is 1.81. The Balaban J connectivity index is 3.37. The molecule has 0 aliphatic heterocycles. The Bertz CT molecular complexity index is 110. The van der Waals surface area contributed by atoms with Crippen molar-refractivity contribution < 1.29 is 0 Å². The number of hydrogen-bond acceptors (Lipinski definition) is 2. The summed E-state index contributed by atoms with van der Waals surface area (Å²) in [5, 5.41) is 5.83. The van der Waals surface area contributed by atoms with E-state index in [9.17, 15) is 0 Å². The summed E-state index contributed by atoms with van der Waals surface area (Å²) in [4.78, 5) is 0.770. The molecule has 0 aromatic heterocycles. The molecule has 0 saturated carbocycles. The van der Waals surface area contributed by atoms with Gasteiger partial charge in [0.15, 0.2) is 0 Å². The van der Waals surface area contributed by atoms with Crippen LogP contribution in [0.2, 0.25) is 0 Å². The first-order valence-corrected chi connectivity index (χ1v) is 3.33. The van der Waals surface area contributed by atoms with Crippen molar-refractivity contribution in [1.29, 1.82) is 0 Å². The van der Waals surface area contributed by atoms with Crippen molar-refractivity contribution in [3.05, 3.63) is 12.3 Å². The van der Waals surface area contributed by atoms with Crippen molar-refractivity contribution in [2.24, 2.45) is 0 Å². The largest absolute Gasteiger partial charge is 0.394 e. The van der Waals surface area contributed by atoms with E-state index in [0.29, 0.717) is 0 Å². The van der Waals surface area contributed by atoms with Crippen molar-refractivity contribution in [3.63, 3.8) is 0 Å². The summed E-state index contributed by atoms with van der Waals surface area (Å²) in [6.07, 6.45) is 3.61. The number of nitrogens with one attached hydrogen (secondary N) is 2. The fraction of sp³-hybridized carbons (Fsp3) is 0.500. The third kappa shape index (κ3) is 5.30. The van der Waals surface area contributed by atoms with E-state index in [4.69, 9.17) is 12.2 Å². The Morgan fingerprint density at radius 3 is 2.78 bits per heavy atom. The fourth-order valence-electron chi connectivity index (χ4n) is 0.392. The lowest BCUT2D eigenvalue weighted by molar-refractivity contribution is 0.984. The first-order chi connectivity index (χ1) is 4.31. The van der Waals surface area contributed by atoms with Gasteiger partial charge in [-0.3, -0.25) is 0 Å². The molecule has 0 fully saturated rings. The summed E-state index contributed by atoms with van der Waals surface area (Å²) in [6, 6.07) is 0. The molecule has 0 spiro atoms. The average molecular weight is 144 g/mol. The van der Waals surface area contributed by atoms with Crippen molar-refractivity contribution in [3.8, 4) is 0 Å². The number of hydrogen-bond donors (Lipinski definition) is 2. The molecule has 0 unspecified atom stereocenters. The quantitative estimate of drug-likeness (QED) is 0.449. The van der Waals surface area contributed by atoms with Crippen LogP contribution in [0.1, 0.15) is 6.92 Å². The minimum Gasteiger partial charge on any atom is -0.394 e. The van der Waals surface area contributed by atoms with E-state index in [1.54, 1.807) is 6.20 Å². The van der Waals surface area contributed by atoms with Gasteiger partial charge in [0.25, 0.3) is 0 Å². The van der Waals surface area contributed by atoms with Crippen LogP contribution in [0.4, 0.5) is 0 Å². The molecular formula is C6H12N2S. The number of thiocarbonyl (C=S) groups is 1. The Labute approximate surface area is 61.3 Å². The molecule has 0 amide bonds. The molecule has 0 aliphatic carbocycles. The first kappa shape index (κ1) is 8.43. The van der Waals surface area contributed by atoms with Crippen molar-refractivity contribution in [2.45, 2.75) is 6.92 Å². The van der Waals surface area contributed by atoms with Crippen LogP contribution in [-0.2, 0) is 0 Å². The van der Waals surface area contributed by atoms with Crippen molar-refractivity contribution in [2.75, 3.05) is 13.6 Å². The third-order valence-electron chi connectivity index (χ3n) is 0.752. The van der Waals surface area contributed by atoms with Gasteiger partial charge in [-0.05, 0) is 19.2 Å². The van der Waals surface area contributed by atoms with E-state index >= 15 is 0 Å². The zero-order valence-electron chi connectivity index (χ0n) is 5.77. The molecule has 0 rings (SSSR count). The minimum atomic E-state index is 0.770. The highest BCUT2D eigenvalue weighted by Crippen LogP contribution is 1.72. The summed E-state index contributed by atoms with van der Waals surface area (Å²) >= 11 is 4.88. The van der Waals surface area contributed by atoms with Gasteiger partial charge in [0.1, 0.15) is 4.99 Å². The van der Waals surface area contributed by atoms with E-state index in [1.165, 1.54) is 0 Å². The van der Waals surface area contributed by atoms with Crippen LogP contribution >= 0.6 is 12.2 Å². The molecule has 9 heavy (non-hydrogen) atoms. The lowest BCUT2D eigenvalue weighted by atomic mass is 10.5. The van der Waals surface area contributed by atoms with Crippen molar-refractivity contribution >= 4 is 17.2 Å². The standard InChI is InChI=1S/C6H12N2S/c1-3-8-6(9)4-5-7-2/h4-5,7H,3H2,1-2H3,(H,8,9)/b5-4+. The monoisotopic (exact) mass is 144 g/mol. The summed E-state index contributed by atoms with van der Waals surface area (Å²) in [6.45, 7) is 2.90.